The van der Waals surface area contributed by atoms with Gasteiger partial charge in [-0.2, -0.15) is 4.98 Å². The van der Waals surface area contributed by atoms with Gasteiger partial charge in [0.1, 0.15) is 18.2 Å². The Hall–Kier alpha value is -2.37. The van der Waals surface area contributed by atoms with E-state index < -0.39 is 0 Å². The lowest BCUT2D eigenvalue weighted by atomic mass is 10.0. The van der Waals surface area contributed by atoms with Crippen molar-refractivity contribution >= 4 is 5.82 Å². The number of piperidine rings is 1. The predicted molar refractivity (Wildman–Crippen MR) is 84.2 cm³/mol. The van der Waals surface area contributed by atoms with Crippen LogP contribution in [0.1, 0.15) is 24.8 Å². The predicted octanol–water partition coefficient (Wildman–Crippen LogP) is 2.33. The van der Waals surface area contributed by atoms with E-state index in [0.29, 0.717) is 24.0 Å². The first kappa shape index (κ1) is 14.2. The summed E-state index contributed by atoms with van der Waals surface area (Å²) >= 11 is 0. The Morgan fingerprint density at radius 3 is 3.09 bits per heavy atom. The van der Waals surface area contributed by atoms with Crippen molar-refractivity contribution < 1.29 is 9.13 Å². The van der Waals surface area contributed by atoms with Gasteiger partial charge in [-0.3, -0.25) is 4.57 Å². The van der Waals surface area contributed by atoms with Gasteiger partial charge in [0.15, 0.2) is 0 Å². The van der Waals surface area contributed by atoms with E-state index in [1.165, 1.54) is 18.6 Å². The molecule has 0 spiro atoms. The number of halogens is 1. The Bertz CT molecular complexity index is 790. The lowest BCUT2D eigenvalue weighted by molar-refractivity contribution is 0.291. The summed E-state index contributed by atoms with van der Waals surface area (Å²) in [6, 6.07) is 8.45. The monoisotopic (exact) mass is 315 g/mol. The zero-order valence-electron chi connectivity index (χ0n) is 12.7. The Kier molecular flexibility index (Phi) is 3.52. The van der Waals surface area contributed by atoms with Gasteiger partial charge in [-0.1, -0.05) is 12.1 Å². The summed E-state index contributed by atoms with van der Waals surface area (Å²) in [5, 5.41) is 0. The van der Waals surface area contributed by atoms with Gasteiger partial charge in [0.2, 0.25) is 5.88 Å². The summed E-state index contributed by atoms with van der Waals surface area (Å²) in [7, 11) is 0. The van der Waals surface area contributed by atoms with Crippen molar-refractivity contribution in [1.82, 2.24) is 9.55 Å². The third-order valence-electron chi connectivity index (χ3n) is 4.56. The first-order chi connectivity index (χ1) is 11.2. The van der Waals surface area contributed by atoms with Crippen LogP contribution in [0.4, 0.5) is 10.2 Å². The number of aromatic nitrogens is 2. The molecule has 1 saturated heterocycles. The summed E-state index contributed by atoms with van der Waals surface area (Å²) in [5.41, 5.74) is 0.439. The van der Waals surface area contributed by atoms with Crippen LogP contribution in [0.2, 0.25) is 0 Å². The molecule has 1 fully saturated rings. The highest BCUT2D eigenvalue weighted by Crippen LogP contribution is 2.32. The first-order valence-corrected chi connectivity index (χ1v) is 7.96. The molecular formula is C17H18FN3O2. The molecule has 120 valence electrons. The molecule has 2 aliphatic rings. The molecule has 0 saturated carbocycles. The van der Waals surface area contributed by atoms with Gasteiger partial charge in [0, 0.05) is 25.2 Å². The van der Waals surface area contributed by atoms with E-state index in [0.717, 1.165) is 25.2 Å². The highest BCUT2D eigenvalue weighted by atomic mass is 19.1. The van der Waals surface area contributed by atoms with Gasteiger partial charge in [-0.25, -0.2) is 9.18 Å². The van der Waals surface area contributed by atoms with E-state index in [2.05, 4.69) is 9.88 Å². The molecular weight excluding hydrogens is 297 g/mol. The second-order valence-electron chi connectivity index (χ2n) is 6.11. The van der Waals surface area contributed by atoms with E-state index in [1.807, 2.05) is 6.07 Å². The third-order valence-corrected chi connectivity index (χ3v) is 4.56. The van der Waals surface area contributed by atoms with Gasteiger partial charge >= 0.3 is 5.69 Å². The number of fused-ring (bicyclic) bond motifs is 3. The van der Waals surface area contributed by atoms with Crippen molar-refractivity contribution in [3.8, 4) is 5.88 Å². The fourth-order valence-corrected chi connectivity index (χ4v) is 3.44. The minimum absolute atomic E-state index is 0.192. The number of benzene rings is 1. The molecule has 0 radical (unpaired) electrons. The third kappa shape index (κ3) is 2.69. The Morgan fingerprint density at radius 2 is 2.22 bits per heavy atom. The number of hydrogen-bond acceptors (Lipinski definition) is 4. The zero-order chi connectivity index (χ0) is 15.8. The van der Waals surface area contributed by atoms with Crippen LogP contribution in [-0.4, -0.2) is 22.1 Å². The number of nitrogens with zero attached hydrogens (tertiary/aromatic N) is 3. The van der Waals surface area contributed by atoms with Crippen molar-refractivity contribution in [2.24, 2.45) is 0 Å². The van der Waals surface area contributed by atoms with Gasteiger partial charge in [0.25, 0.3) is 0 Å². The minimum Gasteiger partial charge on any atom is -0.473 e. The zero-order valence-corrected chi connectivity index (χ0v) is 12.7. The normalized spacial score (nSPS) is 19.3. The number of ether oxygens (including phenoxy) is 1. The van der Waals surface area contributed by atoms with Crippen LogP contribution in [0.15, 0.2) is 35.1 Å². The Morgan fingerprint density at radius 1 is 1.30 bits per heavy atom. The Labute approximate surface area is 133 Å². The molecule has 0 amide bonds. The van der Waals surface area contributed by atoms with Gasteiger partial charge in [-0.15, -0.1) is 0 Å². The van der Waals surface area contributed by atoms with Crippen LogP contribution < -0.4 is 15.3 Å². The van der Waals surface area contributed by atoms with Gasteiger partial charge in [-0.05, 0) is 37.0 Å². The SMILES string of the molecule is O=c1nc(OCc2cccc(F)c2)cc2n1CC1CCCCN21. The second kappa shape index (κ2) is 5.68. The molecule has 3 heterocycles. The Balaban J connectivity index is 1.57. The van der Waals surface area contributed by atoms with E-state index in [9.17, 15) is 9.18 Å². The fraction of sp³-hybridized carbons (Fsp3) is 0.412. The number of anilines is 1. The summed E-state index contributed by atoms with van der Waals surface area (Å²) < 4.78 is 20.5. The highest BCUT2D eigenvalue weighted by Gasteiger charge is 2.32. The largest absolute Gasteiger partial charge is 0.473 e. The molecule has 1 aromatic carbocycles. The maximum atomic E-state index is 13.2. The molecule has 2 aromatic rings. The van der Waals surface area contributed by atoms with Crippen molar-refractivity contribution in [2.75, 3.05) is 11.4 Å². The fourth-order valence-electron chi connectivity index (χ4n) is 3.44. The topological polar surface area (TPSA) is 47.4 Å². The van der Waals surface area contributed by atoms with E-state index in [1.54, 1.807) is 16.7 Å². The lowest BCUT2D eigenvalue weighted by Gasteiger charge is -2.30. The first-order valence-electron chi connectivity index (χ1n) is 7.96. The number of rotatable bonds is 3. The molecule has 0 N–H and O–H groups in total. The summed E-state index contributed by atoms with van der Waals surface area (Å²) in [4.78, 5) is 18.5. The summed E-state index contributed by atoms with van der Waals surface area (Å²) in [6.07, 6.45) is 3.47. The molecule has 0 aliphatic carbocycles. The summed E-state index contributed by atoms with van der Waals surface area (Å²) in [6.45, 7) is 1.87. The minimum atomic E-state index is -0.302. The molecule has 5 nitrogen and oxygen atoms in total. The van der Waals surface area contributed by atoms with E-state index >= 15 is 0 Å². The van der Waals surface area contributed by atoms with Crippen molar-refractivity contribution in [2.45, 2.75) is 38.5 Å². The molecule has 23 heavy (non-hydrogen) atoms. The van der Waals surface area contributed by atoms with E-state index in [-0.39, 0.29) is 18.1 Å². The van der Waals surface area contributed by atoms with Crippen LogP contribution in [-0.2, 0) is 13.2 Å². The quantitative estimate of drug-likeness (QED) is 0.872. The van der Waals surface area contributed by atoms with Crippen molar-refractivity contribution in [3.63, 3.8) is 0 Å². The summed E-state index contributed by atoms with van der Waals surface area (Å²) in [5.74, 6) is 0.893. The van der Waals surface area contributed by atoms with Crippen LogP contribution in [0.3, 0.4) is 0 Å². The molecule has 1 unspecified atom stereocenters. The average Bonchev–Trinajstić information content (AvgIpc) is 2.93. The highest BCUT2D eigenvalue weighted by molar-refractivity contribution is 5.47. The average molecular weight is 315 g/mol. The molecule has 2 aliphatic heterocycles. The second-order valence-corrected chi connectivity index (χ2v) is 6.11. The molecule has 0 bridgehead atoms. The number of hydrogen-bond donors (Lipinski definition) is 0. The lowest BCUT2D eigenvalue weighted by Crippen LogP contribution is -2.36. The van der Waals surface area contributed by atoms with Gasteiger partial charge in [0.05, 0.1) is 0 Å². The van der Waals surface area contributed by atoms with Crippen LogP contribution >= 0.6 is 0 Å². The molecule has 1 atom stereocenters. The van der Waals surface area contributed by atoms with Crippen molar-refractivity contribution in [3.05, 3.63) is 52.2 Å². The maximum absolute atomic E-state index is 13.2. The van der Waals surface area contributed by atoms with Crippen LogP contribution in [0, 0.1) is 5.82 Å². The molecule has 1 aromatic heterocycles. The van der Waals surface area contributed by atoms with Crippen LogP contribution in [0.5, 0.6) is 5.88 Å². The van der Waals surface area contributed by atoms with Crippen LogP contribution in [0.25, 0.3) is 0 Å². The maximum Gasteiger partial charge on any atom is 0.352 e. The standard InChI is InChI=1S/C17H18FN3O2/c18-13-5-3-4-12(8-13)11-23-15-9-16-20-7-2-1-6-14(20)10-21(16)17(22)19-15/h3-5,8-9,14H,1-2,6-7,10-11H2. The van der Waals surface area contributed by atoms with Crippen molar-refractivity contribution in [1.29, 1.82) is 0 Å². The smallest absolute Gasteiger partial charge is 0.352 e. The molecule has 6 heteroatoms. The van der Waals surface area contributed by atoms with E-state index in [4.69, 9.17) is 4.74 Å². The molecule has 4 rings (SSSR count). The van der Waals surface area contributed by atoms with Gasteiger partial charge < -0.3 is 9.64 Å².